The first-order chi connectivity index (χ1) is 12.2. The van der Waals surface area contributed by atoms with Gasteiger partial charge in [-0.25, -0.2) is 0 Å². The maximum atomic E-state index is 12.5. The maximum Gasteiger partial charge on any atom is 0.239 e. The molecular formula is C18H29N5O2. The molecule has 3 heterocycles. The van der Waals surface area contributed by atoms with Gasteiger partial charge in [-0.1, -0.05) is 5.16 Å². The Morgan fingerprint density at radius 3 is 2.80 bits per heavy atom. The second kappa shape index (κ2) is 7.41. The van der Waals surface area contributed by atoms with Crippen molar-refractivity contribution in [1.29, 1.82) is 0 Å². The Morgan fingerprint density at radius 1 is 1.24 bits per heavy atom. The summed E-state index contributed by atoms with van der Waals surface area (Å²) in [7, 11) is 0. The van der Waals surface area contributed by atoms with Crippen LogP contribution in [-0.2, 0) is 11.3 Å². The van der Waals surface area contributed by atoms with Gasteiger partial charge in [-0.05, 0) is 52.0 Å². The Labute approximate surface area is 149 Å². The lowest BCUT2D eigenvalue weighted by Gasteiger charge is -2.34. The first-order valence-electron chi connectivity index (χ1n) is 9.78. The van der Waals surface area contributed by atoms with Gasteiger partial charge in [0.25, 0.3) is 0 Å². The van der Waals surface area contributed by atoms with Crippen molar-refractivity contribution >= 4 is 5.91 Å². The van der Waals surface area contributed by atoms with Gasteiger partial charge >= 0.3 is 0 Å². The van der Waals surface area contributed by atoms with Crippen molar-refractivity contribution in [3.05, 3.63) is 11.7 Å². The SMILES string of the molecule is CC(NC1CCCN(Cc2noc(C3CC3)n2)C1)C(=O)N1CCCC1. The Kier molecular flexibility index (Phi) is 5.03. The largest absolute Gasteiger partial charge is 0.341 e. The molecule has 1 saturated carbocycles. The molecule has 0 aromatic carbocycles. The molecule has 1 aromatic rings. The van der Waals surface area contributed by atoms with Crippen LogP contribution in [0.2, 0.25) is 0 Å². The van der Waals surface area contributed by atoms with Gasteiger partial charge < -0.3 is 14.7 Å². The third-order valence-corrected chi connectivity index (χ3v) is 5.55. The molecule has 0 bridgehead atoms. The van der Waals surface area contributed by atoms with Crippen molar-refractivity contribution in [2.24, 2.45) is 0 Å². The molecule has 3 aliphatic rings. The molecule has 7 heteroatoms. The molecule has 2 atom stereocenters. The van der Waals surface area contributed by atoms with Crippen LogP contribution >= 0.6 is 0 Å². The van der Waals surface area contributed by atoms with Crippen LogP contribution in [0.25, 0.3) is 0 Å². The number of carbonyl (C=O) groups excluding carboxylic acids is 1. The quantitative estimate of drug-likeness (QED) is 0.841. The average molecular weight is 347 g/mol. The van der Waals surface area contributed by atoms with E-state index in [4.69, 9.17) is 4.52 Å². The summed E-state index contributed by atoms with van der Waals surface area (Å²) in [6, 6.07) is 0.250. The van der Waals surface area contributed by atoms with Crippen molar-refractivity contribution in [3.8, 4) is 0 Å². The molecule has 4 rings (SSSR count). The van der Waals surface area contributed by atoms with E-state index in [1.807, 2.05) is 11.8 Å². The number of rotatable bonds is 6. The van der Waals surface area contributed by atoms with E-state index in [9.17, 15) is 4.79 Å². The van der Waals surface area contributed by atoms with Crippen molar-refractivity contribution in [3.63, 3.8) is 0 Å². The van der Waals surface area contributed by atoms with Crippen LogP contribution in [0.3, 0.4) is 0 Å². The van der Waals surface area contributed by atoms with Crippen molar-refractivity contribution in [2.45, 2.75) is 70.0 Å². The lowest BCUT2D eigenvalue weighted by Crippen LogP contribution is -2.52. The van der Waals surface area contributed by atoms with Crippen LogP contribution in [0, 0.1) is 0 Å². The molecule has 7 nitrogen and oxygen atoms in total. The Bertz CT molecular complexity index is 594. The third-order valence-electron chi connectivity index (χ3n) is 5.55. The Morgan fingerprint density at radius 2 is 2.04 bits per heavy atom. The molecule has 2 unspecified atom stereocenters. The number of amides is 1. The monoisotopic (exact) mass is 347 g/mol. The van der Waals surface area contributed by atoms with E-state index in [-0.39, 0.29) is 11.9 Å². The van der Waals surface area contributed by atoms with E-state index in [2.05, 4.69) is 20.4 Å². The smallest absolute Gasteiger partial charge is 0.239 e. The van der Waals surface area contributed by atoms with Gasteiger partial charge in [-0.15, -0.1) is 0 Å². The fraction of sp³-hybridized carbons (Fsp3) is 0.833. The fourth-order valence-corrected chi connectivity index (χ4v) is 4.00. The summed E-state index contributed by atoms with van der Waals surface area (Å²) < 4.78 is 5.36. The summed E-state index contributed by atoms with van der Waals surface area (Å²) in [5.74, 6) is 2.37. The Balaban J connectivity index is 1.27. The van der Waals surface area contributed by atoms with E-state index in [1.165, 1.54) is 12.8 Å². The van der Waals surface area contributed by atoms with Gasteiger partial charge in [0.1, 0.15) is 0 Å². The van der Waals surface area contributed by atoms with Crippen molar-refractivity contribution in [2.75, 3.05) is 26.2 Å². The van der Waals surface area contributed by atoms with Gasteiger partial charge in [0, 0.05) is 31.6 Å². The van der Waals surface area contributed by atoms with Crippen LogP contribution in [0.4, 0.5) is 0 Å². The second-order valence-corrected chi connectivity index (χ2v) is 7.82. The van der Waals surface area contributed by atoms with E-state index in [0.29, 0.717) is 12.0 Å². The summed E-state index contributed by atoms with van der Waals surface area (Å²) in [5, 5.41) is 7.68. The zero-order valence-electron chi connectivity index (χ0n) is 15.1. The highest BCUT2D eigenvalue weighted by Crippen LogP contribution is 2.38. The number of nitrogens with zero attached hydrogens (tertiary/aromatic N) is 4. The highest BCUT2D eigenvalue weighted by molar-refractivity contribution is 5.81. The van der Waals surface area contributed by atoms with Crippen LogP contribution in [-0.4, -0.2) is 64.1 Å². The normalized spacial score (nSPS) is 26.1. The van der Waals surface area contributed by atoms with Crippen LogP contribution in [0.5, 0.6) is 0 Å². The van der Waals surface area contributed by atoms with E-state index < -0.39 is 0 Å². The molecule has 0 spiro atoms. The lowest BCUT2D eigenvalue weighted by molar-refractivity contribution is -0.132. The summed E-state index contributed by atoms with van der Waals surface area (Å²) in [4.78, 5) is 21.4. The molecule has 3 fully saturated rings. The standard InChI is InChI=1S/C18H29N5O2/c1-13(18(24)23-9-2-3-10-23)19-15-5-4-8-22(11-15)12-16-20-17(25-21-16)14-6-7-14/h13-15,19H,2-12H2,1H3. The third kappa shape index (κ3) is 4.20. The minimum Gasteiger partial charge on any atom is -0.341 e. The number of carbonyl (C=O) groups is 1. The average Bonchev–Trinajstić information content (AvgIpc) is 3.12. The molecule has 1 aliphatic carbocycles. The lowest BCUT2D eigenvalue weighted by atomic mass is 10.0. The zero-order chi connectivity index (χ0) is 17.2. The molecular weight excluding hydrogens is 318 g/mol. The number of piperidine rings is 1. The highest BCUT2D eigenvalue weighted by atomic mass is 16.5. The van der Waals surface area contributed by atoms with Crippen molar-refractivity contribution in [1.82, 2.24) is 25.3 Å². The predicted molar refractivity (Wildman–Crippen MR) is 93.0 cm³/mol. The fourth-order valence-electron chi connectivity index (χ4n) is 4.00. The summed E-state index contributed by atoms with van der Waals surface area (Å²) in [6.45, 7) is 6.57. The van der Waals surface area contributed by atoms with Crippen LogP contribution < -0.4 is 5.32 Å². The maximum absolute atomic E-state index is 12.5. The summed E-state index contributed by atoms with van der Waals surface area (Å²) >= 11 is 0. The number of hydrogen-bond donors (Lipinski definition) is 1. The molecule has 1 amide bonds. The highest BCUT2D eigenvalue weighted by Gasteiger charge is 2.31. The van der Waals surface area contributed by atoms with Gasteiger partial charge in [0.2, 0.25) is 11.8 Å². The van der Waals surface area contributed by atoms with Gasteiger partial charge in [-0.2, -0.15) is 4.98 Å². The Hall–Kier alpha value is -1.47. The van der Waals surface area contributed by atoms with Crippen LogP contribution in [0.1, 0.15) is 63.1 Å². The summed E-state index contributed by atoms with van der Waals surface area (Å²) in [5.41, 5.74) is 0. The number of nitrogens with one attached hydrogen (secondary N) is 1. The van der Waals surface area contributed by atoms with E-state index in [1.54, 1.807) is 0 Å². The molecule has 2 aliphatic heterocycles. The molecule has 25 heavy (non-hydrogen) atoms. The number of aromatic nitrogens is 2. The molecule has 2 saturated heterocycles. The molecule has 1 N–H and O–H groups in total. The first-order valence-corrected chi connectivity index (χ1v) is 9.78. The topological polar surface area (TPSA) is 74.5 Å². The van der Waals surface area contributed by atoms with E-state index in [0.717, 1.165) is 70.1 Å². The molecule has 0 radical (unpaired) electrons. The minimum atomic E-state index is -0.102. The molecule has 1 aromatic heterocycles. The van der Waals surface area contributed by atoms with E-state index >= 15 is 0 Å². The number of hydrogen-bond acceptors (Lipinski definition) is 6. The van der Waals surface area contributed by atoms with Gasteiger partial charge in [-0.3, -0.25) is 9.69 Å². The minimum absolute atomic E-state index is 0.102. The second-order valence-electron chi connectivity index (χ2n) is 7.82. The predicted octanol–water partition coefficient (Wildman–Crippen LogP) is 1.51. The van der Waals surface area contributed by atoms with Crippen LogP contribution in [0.15, 0.2) is 4.52 Å². The van der Waals surface area contributed by atoms with Gasteiger partial charge in [0.05, 0.1) is 12.6 Å². The molecule has 138 valence electrons. The summed E-state index contributed by atoms with van der Waals surface area (Å²) in [6.07, 6.45) is 6.90. The van der Waals surface area contributed by atoms with Gasteiger partial charge in [0.15, 0.2) is 5.82 Å². The number of likely N-dealkylation sites (tertiary alicyclic amines) is 2. The van der Waals surface area contributed by atoms with Crippen molar-refractivity contribution < 1.29 is 9.32 Å². The first kappa shape index (κ1) is 17.0. The zero-order valence-corrected chi connectivity index (χ0v) is 15.1.